The van der Waals surface area contributed by atoms with Gasteiger partial charge in [0.2, 0.25) is 0 Å². The molecule has 0 saturated carbocycles. The average Bonchev–Trinajstić information content (AvgIpc) is 3.09. The van der Waals surface area contributed by atoms with Gasteiger partial charge in [0.1, 0.15) is 17.4 Å². The van der Waals surface area contributed by atoms with Gasteiger partial charge >= 0.3 is 5.97 Å². The highest BCUT2D eigenvalue weighted by atomic mass is 16.5. The summed E-state index contributed by atoms with van der Waals surface area (Å²) in [4.78, 5) is 24.2. The standard InChI is InChI=1S/C25H23N3O4/c1-16-13-19(17(2)28(16)22-9-11-23(31-3)12-10-22)14-20(15-26)24(29)27-21-7-5-18(6-8-21)25(30)32-4/h5-14H,1-4H3,(H,27,29)/b20-14-. The first-order chi connectivity index (χ1) is 15.4. The number of nitrogens with one attached hydrogen (secondary N) is 1. The van der Waals surface area contributed by atoms with E-state index in [0.717, 1.165) is 28.4 Å². The molecule has 1 amide bonds. The number of nitrogens with zero attached hydrogens (tertiary/aromatic N) is 2. The number of rotatable bonds is 6. The Morgan fingerprint density at radius 3 is 2.25 bits per heavy atom. The third kappa shape index (κ3) is 4.71. The second-order valence-corrected chi connectivity index (χ2v) is 7.05. The van der Waals surface area contributed by atoms with Crippen molar-refractivity contribution in [1.82, 2.24) is 4.57 Å². The first kappa shape index (κ1) is 22.4. The number of esters is 1. The van der Waals surface area contributed by atoms with Crippen LogP contribution < -0.4 is 10.1 Å². The Bertz CT molecular complexity index is 1210. The van der Waals surface area contributed by atoms with Crippen LogP contribution in [0.3, 0.4) is 0 Å². The smallest absolute Gasteiger partial charge is 0.337 e. The van der Waals surface area contributed by atoms with E-state index in [-0.39, 0.29) is 5.57 Å². The van der Waals surface area contributed by atoms with Crippen molar-refractivity contribution in [3.63, 3.8) is 0 Å². The number of hydrogen-bond donors (Lipinski definition) is 1. The van der Waals surface area contributed by atoms with Crippen molar-refractivity contribution in [3.8, 4) is 17.5 Å². The summed E-state index contributed by atoms with van der Waals surface area (Å²) < 4.78 is 11.9. The Morgan fingerprint density at radius 1 is 1.03 bits per heavy atom. The molecule has 7 nitrogen and oxygen atoms in total. The molecule has 2 aromatic carbocycles. The maximum atomic E-state index is 12.7. The number of aryl methyl sites for hydroxylation is 1. The summed E-state index contributed by atoms with van der Waals surface area (Å²) in [6.07, 6.45) is 1.57. The van der Waals surface area contributed by atoms with Gasteiger partial charge in [0.25, 0.3) is 5.91 Å². The maximum Gasteiger partial charge on any atom is 0.337 e. The molecule has 1 heterocycles. The molecule has 7 heteroatoms. The minimum absolute atomic E-state index is 0.0305. The Balaban J connectivity index is 1.85. The molecule has 0 bridgehead atoms. The summed E-state index contributed by atoms with van der Waals surface area (Å²) >= 11 is 0. The van der Waals surface area contributed by atoms with Crippen molar-refractivity contribution in [2.24, 2.45) is 0 Å². The van der Waals surface area contributed by atoms with Crippen molar-refractivity contribution >= 4 is 23.6 Å². The van der Waals surface area contributed by atoms with Crippen molar-refractivity contribution in [3.05, 3.63) is 82.7 Å². The number of carbonyl (C=O) groups excluding carboxylic acids is 2. The molecule has 0 aliphatic carbocycles. The summed E-state index contributed by atoms with van der Waals surface area (Å²) in [5, 5.41) is 12.2. The van der Waals surface area contributed by atoms with E-state index in [9.17, 15) is 14.9 Å². The van der Waals surface area contributed by atoms with Gasteiger partial charge in [-0.2, -0.15) is 5.26 Å². The van der Waals surface area contributed by atoms with Crippen LogP contribution in [0, 0.1) is 25.2 Å². The topological polar surface area (TPSA) is 93.4 Å². The summed E-state index contributed by atoms with van der Waals surface area (Å²) in [5.74, 6) is -0.236. The Labute approximate surface area is 186 Å². The minimum atomic E-state index is -0.535. The molecule has 162 valence electrons. The molecule has 0 unspecified atom stereocenters. The van der Waals surface area contributed by atoms with Gasteiger partial charge in [-0.25, -0.2) is 4.79 Å². The number of amides is 1. The molecule has 0 atom stereocenters. The largest absolute Gasteiger partial charge is 0.497 e. The van der Waals surface area contributed by atoms with Crippen LogP contribution in [0.25, 0.3) is 11.8 Å². The quantitative estimate of drug-likeness (QED) is 0.355. The number of aromatic nitrogens is 1. The van der Waals surface area contributed by atoms with Crippen LogP contribution in [0.1, 0.15) is 27.3 Å². The lowest BCUT2D eigenvalue weighted by Crippen LogP contribution is -2.13. The summed E-state index contributed by atoms with van der Waals surface area (Å²) in [7, 11) is 2.92. The van der Waals surface area contributed by atoms with Crippen LogP contribution in [-0.2, 0) is 9.53 Å². The molecule has 0 spiro atoms. The number of ether oxygens (including phenoxy) is 2. The van der Waals surface area contributed by atoms with Crippen LogP contribution in [-0.4, -0.2) is 30.7 Å². The predicted molar refractivity (Wildman–Crippen MR) is 122 cm³/mol. The fraction of sp³-hybridized carbons (Fsp3) is 0.160. The van der Waals surface area contributed by atoms with Crippen LogP contribution in [0.2, 0.25) is 0 Å². The van der Waals surface area contributed by atoms with Crippen LogP contribution in [0.5, 0.6) is 5.75 Å². The molecule has 32 heavy (non-hydrogen) atoms. The van der Waals surface area contributed by atoms with E-state index in [1.165, 1.54) is 7.11 Å². The van der Waals surface area contributed by atoms with E-state index in [1.54, 1.807) is 37.5 Å². The van der Waals surface area contributed by atoms with E-state index < -0.39 is 11.9 Å². The first-order valence-electron chi connectivity index (χ1n) is 9.82. The first-order valence-corrected chi connectivity index (χ1v) is 9.82. The number of nitriles is 1. The number of benzene rings is 2. The average molecular weight is 429 g/mol. The fourth-order valence-electron chi connectivity index (χ4n) is 3.37. The second-order valence-electron chi connectivity index (χ2n) is 7.05. The highest BCUT2D eigenvalue weighted by molar-refractivity contribution is 6.09. The number of anilines is 1. The minimum Gasteiger partial charge on any atom is -0.497 e. The third-order valence-corrected chi connectivity index (χ3v) is 5.03. The van der Waals surface area contributed by atoms with Gasteiger partial charge in [0.15, 0.2) is 0 Å². The second kappa shape index (κ2) is 9.67. The van der Waals surface area contributed by atoms with E-state index in [4.69, 9.17) is 4.74 Å². The molecule has 0 aliphatic heterocycles. The monoisotopic (exact) mass is 429 g/mol. The Kier molecular flexibility index (Phi) is 6.76. The zero-order valence-electron chi connectivity index (χ0n) is 18.3. The van der Waals surface area contributed by atoms with Crippen molar-refractivity contribution in [1.29, 1.82) is 5.26 Å². The summed E-state index contributed by atoms with van der Waals surface area (Å²) in [6.45, 7) is 3.89. The van der Waals surface area contributed by atoms with Crippen molar-refractivity contribution < 1.29 is 19.1 Å². The predicted octanol–water partition coefficient (Wildman–Crippen LogP) is 4.44. The number of carbonyl (C=O) groups is 2. The highest BCUT2D eigenvalue weighted by Gasteiger charge is 2.14. The van der Waals surface area contributed by atoms with Gasteiger partial charge in [0, 0.05) is 22.8 Å². The molecule has 1 aromatic heterocycles. The molecule has 3 rings (SSSR count). The van der Waals surface area contributed by atoms with Crippen molar-refractivity contribution in [2.45, 2.75) is 13.8 Å². The van der Waals surface area contributed by atoms with Gasteiger partial charge in [-0.1, -0.05) is 0 Å². The van der Waals surface area contributed by atoms with Gasteiger partial charge < -0.3 is 19.4 Å². The summed E-state index contributed by atoms with van der Waals surface area (Å²) in [5.41, 5.74) is 4.39. The number of hydrogen-bond acceptors (Lipinski definition) is 5. The Morgan fingerprint density at radius 2 is 1.69 bits per heavy atom. The summed E-state index contributed by atoms with van der Waals surface area (Å²) in [6, 6.07) is 17.8. The van der Waals surface area contributed by atoms with Gasteiger partial charge in [-0.3, -0.25) is 4.79 Å². The molecular weight excluding hydrogens is 406 g/mol. The molecule has 0 saturated heterocycles. The van der Waals surface area contributed by atoms with Gasteiger partial charge in [-0.15, -0.1) is 0 Å². The van der Waals surface area contributed by atoms with Crippen LogP contribution in [0.4, 0.5) is 5.69 Å². The highest BCUT2D eigenvalue weighted by Crippen LogP contribution is 2.24. The normalized spacial score (nSPS) is 10.9. The van der Waals surface area contributed by atoms with Gasteiger partial charge in [0.05, 0.1) is 19.8 Å². The third-order valence-electron chi connectivity index (χ3n) is 5.03. The lowest BCUT2D eigenvalue weighted by atomic mass is 10.1. The van der Waals surface area contributed by atoms with E-state index in [0.29, 0.717) is 11.3 Å². The maximum absolute atomic E-state index is 12.7. The van der Waals surface area contributed by atoms with Gasteiger partial charge in [-0.05, 0) is 80.1 Å². The molecule has 3 aromatic rings. The van der Waals surface area contributed by atoms with Crippen LogP contribution in [0.15, 0.2) is 60.2 Å². The molecule has 0 fully saturated rings. The van der Waals surface area contributed by atoms with Crippen LogP contribution >= 0.6 is 0 Å². The Hall–Kier alpha value is -4.31. The zero-order chi connectivity index (χ0) is 23.3. The lowest BCUT2D eigenvalue weighted by Gasteiger charge is -2.10. The van der Waals surface area contributed by atoms with E-state index >= 15 is 0 Å². The van der Waals surface area contributed by atoms with E-state index in [2.05, 4.69) is 10.1 Å². The lowest BCUT2D eigenvalue weighted by molar-refractivity contribution is -0.112. The molecule has 0 aliphatic rings. The molecule has 1 N–H and O–H groups in total. The van der Waals surface area contributed by atoms with Crippen molar-refractivity contribution in [2.75, 3.05) is 19.5 Å². The molecular formula is C25H23N3O4. The van der Waals surface area contributed by atoms with E-state index in [1.807, 2.05) is 54.8 Å². The molecule has 0 radical (unpaired) electrons. The zero-order valence-corrected chi connectivity index (χ0v) is 18.3. The fourth-order valence-corrected chi connectivity index (χ4v) is 3.37. The number of methoxy groups -OCH3 is 2. The SMILES string of the molecule is COC(=O)c1ccc(NC(=O)/C(C#N)=C\c2cc(C)n(-c3ccc(OC)cc3)c2C)cc1.